The van der Waals surface area contributed by atoms with Crippen LogP contribution in [0.25, 0.3) is 0 Å². The van der Waals surface area contributed by atoms with Crippen LogP contribution >= 0.6 is 0 Å². The maximum atomic E-state index is 12.5. The van der Waals surface area contributed by atoms with E-state index in [4.69, 9.17) is 9.84 Å². The van der Waals surface area contributed by atoms with Crippen LogP contribution in [0.4, 0.5) is 19.0 Å². The second kappa shape index (κ2) is 6.10. The lowest BCUT2D eigenvalue weighted by atomic mass is 9.98. The number of anilines is 1. The van der Waals surface area contributed by atoms with E-state index in [1.54, 1.807) is 0 Å². The normalized spacial score (nSPS) is 30.2. The standard InChI is InChI=1S/C11H14F3N3O4/c12-11(13,14)7-1-15-2-8(17-7)16-5-4-21-6(3-18)10(20)9(5)19/h1-2,5-6,9-10,18-20H,3-4H2,(H,16,17)/t5-,6+,9+,10-/m0/s1. The van der Waals surface area contributed by atoms with Crippen LogP contribution in [0.2, 0.25) is 0 Å². The largest absolute Gasteiger partial charge is 0.434 e. The Morgan fingerprint density at radius 1 is 1.29 bits per heavy atom. The molecule has 4 N–H and O–H groups in total. The minimum Gasteiger partial charge on any atom is -0.394 e. The average Bonchev–Trinajstić information content (AvgIpc) is 2.44. The molecule has 0 aliphatic carbocycles. The van der Waals surface area contributed by atoms with Crippen molar-refractivity contribution in [3.8, 4) is 0 Å². The Morgan fingerprint density at radius 2 is 2.00 bits per heavy atom. The summed E-state index contributed by atoms with van der Waals surface area (Å²) >= 11 is 0. The third kappa shape index (κ3) is 3.59. The zero-order valence-electron chi connectivity index (χ0n) is 10.7. The van der Waals surface area contributed by atoms with Crippen molar-refractivity contribution in [3.63, 3.8) is 0 Å². The van der Waals surface area contributed by atoms with E-state index in [-0.39, 0.29) is 12.4 Å². The topological polar surface area (TPSA) is 108 Å². The third-order valence-corrected chi connectivity index (χ3v) is 3.07. The second-order valence-corrected chi connectivity index (χ2v) is 4.57. The van der Waals surface area contributed by atoms with E-state index >= 15 is 0 Å². The van der Waals surface area contributed by atoms with Gasteiger partial charge in [-0.2, -0.15) is 13.2 Å². The maximum Gasteiger partial charge on any atom is 0.434 e. The predicted molar refractivity (Wildman–Crippen MR) is 63.3 cm³/mol. The van der Waals surface area contributed by atoms with Crippen LogP contribution in [-0.4, -0.2) is 62.9 Å². The Kier molecular flexibility index (Phi) is 4.61. The molecule has 0 radical (unpaired) electrons. The Hall–Kier alpha value is -1.49. The van der Waals surface area contributed by atoms with Crippen molar-refractivity contribution in [2.24, 2.45) is 0 Å². The molecule has 0 aromatic carbocycles. The molecule has 0 spiro atoms. The highest BCUT2D eigenvalue weighted by atomic mass is 19.4. The van der Waals surface area contributed by atoms with Gasteiger partial charge in [-0.05, 0) is 0 Å². The fraction of sp³-hybridized carbons (Fsp3) is 0.636. The van der Waals surface area contributed by atoms with Gasteiger partial charge in [-0.3, -0.25) is 4.98 Å². The molecule has 1 aliphatic heterocycles. The first-order valence-corrected chi connectivity index (χ1v) is 6.07. The molecule has 2 rings (SSSR count). The number of hydrogen-bond donors (Lipinski definition) is 4. The summed E-state index contributed by atoms with van der Waals surface area (Å²) in [5.74, 6) is -0.202. The maximum absolute atomic E-state index is 12.5. The molecule has 0 amide bonds. The van der Waals surface area contributed by atoms with Gasteiger partial charge in [0.2, 0.25) is 0 Å². The predicted octanol–water partition coefficient (Wildman–Crippen LogP) is -0.611. The number of aliphatic hydroxyl groups is 3. The molecule has 1 aromatic rings. The van der Waals surface area contributed by atoms with Gasteiger partial charge >= 0.3 is 6.18 Å². The molecule has 1 aliphatic rings. The molecule has 0 bridgehead atoms. The minimum atomic E-state index is -4.63. The van der Waals surface area contributed by atoms with Gasteiger partial charge in [-0.1, -0.05) is 0 Å². The molecular weight excluding hydrogens is 295 g/mol. The van der Waals surface area contributed by atoms with Gasteiger partial charge < -0.3 is 25.4 Å². The Bertz CT molecular complexity index is 488. The van der Waals surface area contributed by atoms with E-state index in [2.05, 4.69) is 15.3 Å². The van der Waals surface area contributed by atoms with Crippen molar-refractivity contribution in [2.45, 2.75) is 30.5 Å². The quantitative estimate of drug-likeness (QED) is 0.590. The zero-order chi connectivity index (χ0) is 15.6. The Labute approximate surface area is 117 Å². The monoisotopic (exact) mass is 309 g/mol. The van der Waals surface area contributed by atoms with Crippen LogP contribution in [0.15, 0.2) is 12.4 Å². The van der Waals surface area contributed by atoms with Gasteiger partial charge in [0.25, 0.3) is 0 Å². The molecule has 1 aromatic heterocycles. The van der Waals surface area contributed by atoms with Crippen molar-refractivity contribution in [2.75, 3.05) is 18.5 Å². The fourth-order valence-corrected chi connectivity index (χ4v) is 1.93. The zero-order valence-corrected chi connectivity index (χ0v) is 10.7. The van der Waals surface area contributed by atoms with Crippen LogP contribution in [0.3, 0.4) is 0 Å². The second-order valence-electron chi connectivity index (χ2n) is 4.57. The van der Waals surface area contributed by atoms with Crippen LogP contribution in [-0.2, 0) is 10.9 Å². The van der Waals surface area contributed by atoms with Crippen LogP contribution in [0, 0.1) is 0 Å². The van der Waals surface area contributed by atoms with Gasteiger partial charge in [0.15, 0.2) is 5.69 Å². The number of alkyl halides is 3. The van der Waals surface area contributed by atoms with Crippen LogP contribution in [0.5, 0.6) is 0 Å². The first-order valence-electron chi connectivity index (χ1n) is 6.07. The van der Waals surface area contributed by atoms with E-state index in [0.29, 0.717) is 6.20 Å². The van der Waals surface area contributed by atoms with Crippen molar-refractivity contribution in [1.82, 2.24) is 9.97 Å². The molecule has 7 nitrogen and oxygen atoms in total. The highest BCUT2D eigenvalue weighted by Gasteiger charge is 2.38. The van der Waals surface area contributed by atoms with Crippen molar-refractivity contribution >= 4 is 5.82 Å². The lowest BCUT2D eigenvalue weighted by Gasteiger charge is -2.37. The molecule has 1 saturated heterocycles. The summed E-state index contributed by atoms with van der Waals surface area (Å²) in [4.78, 5) is 6.76. The summed E-state index contributed by atoms with van der Waals surface area (Å²) in [6.07, 6.45) is -6.62. The molecule has 1 fully saturated rings. The summed E-state index contributed by atoms with van der Waals surface area (Å²) in [5.41, 5.74) is -1.17. The number of ether oxygens (including phenoxy) is 1. The molecule has 21 heavy (non-hydrogen) atoms. The lowest BCUT2D eigenvalue weighted by molar-refractivity contribution is -0.152. The minimum absolute atomic E-state index is 0.110. The van der Waals surface area contributed by atoms with Gasteiger partial charge in [0.05, 0.1) is 31.6 Å². The molecular formula is C11H14F3N3O4. The highest BCUT2D eigenvalue weighted by Crippen LogP contribution is 2.28. The number of aromatic nitrogens is 2. The van der Waals surface area contributed by atoms with Crippen LogP contribution in [0.1, 0.15) is 5.69 Å². The van der Waals surface area contributed by atoms with Crippen molar-refractivity contribution in [1.29, 1.82) is 0 Å². The fourth-order valence-electron chi connectivity index (χ4n) is 1.93. The highest BCUT2D eigenvalue weighted by molar-refractivity contribution is 5.34. The number of hydrogen-bond acceptors (Lipinski definition) is 7. The summed E-state index contributed by atoms with van der Waals surface area (Å²) in [6, 6.07) is -0.874. The third-order valence-electron chi connectivity index (χ3n) is 3.07. The average molecular weight is 309 g/mol. The van der Waals surface area contributed by atoms with Gasteiger partial charge in [-0.25, -0.2) is 4.98 Å². The van der Waals surface area contributed by atoms with E-state index < -0.39 is 42.8 Å². The van der Waals surface area contributed by atoms with Gasteiger partial charge in [0.1, 0.15) is 24.1 Å². The first kappa shape index (κ1) is 15.9. The molecule has 118 valence electrons. The summed E-state index contributed by atoms with van der Waals surface area (Å²) in [7, 11) is 0. The molecule has 0 unspecified atom stereocenters. The molecule has 2 heterocycles. The summed E-state index contributed by atoms with van der Waals surface area (Å²) < 4.78 is 42.6. The van der Waals surface area contributed by atoms with Gasteiger partial charge in [-0.15, -0.1) is 0 Å². The Balaban J connectivity index is 2.08. The van der Waals surface area contributed by atoms with E-state index in [1.807, 2.05) is 0 Å². The SMILES string of the molecule is OC[C@H]1OC[C@H](Nc2cncc(C(F)(F)F)n2)[C@@H](O)[C@H]1O. The number of halogens is 3. The van der Waals surface area contributed by atoms with Crippen LogP contribution < -0.4 is 5.32 Å². The smallest absolute Gasteiger partial charge is 0.394 e. The molecule has 10 heteroatoms. The number of nitrogens with one attached hydrogen (secondary N) is 1. The summed E-state index contributed by atoms with van der Waals surface area (Å²) in [5, 5.41) is 31.0. The van der Waals surface area contributed by atoms with E-state index in [1.165, 1.54) is 0 Å². The lowest BCUT2D eigenvalue weighted by Crippen LogP contribution is -2.56. The number of aliphatic hydroxyl groups excluding tert-OH is 3. The van der Waals surface area contributed by atoms with Gasteiger partial charge in [0, 0.05) is 0 Å². The summed E-state index contributed by atoms with van der Waals surface area (Å²) in [6.45, 7) is -0.588. The van der Waals surface area contributed by atoms with Crippen molar-refractivity contribution < 1.29 is 33.2 Å². The van der Waals surface area contributed by atoms with E-state index in [0.717, 1.165) is 6.20 Å². The van der Waals surface area contributed by atoms with Crippen molar-refractivity contribution in [3.05, 3.63) is 18.1 Å². The van der Waals surface area contributed by atoms with E-state index in [9.17, 15) is 23.4 Å². The molecule has 0 saturated carbocycles. The Morgan fingerprint density at radius 3 is 2.62 bits per heavy atom. The molecule has 4 atom stereocenters. The first-order chi connectivity index (χ1) is 9.82. The number of rotatable bonds is 3. The number of nitrogens with zero attached hydrogens (tertiary/aromatic N) is 2.